The predicted molar refractivity (Wildman–Crippen MR) is 95.4 cm³/mol. The van der Waals surface area contributed by atoms with Gasteiger partial charge >= 0.3 is 0 Å². The molecular formula is C20H25NO3. The van der Waals surface area contributed by atoms with E-state index < -0.39 is 6.10 Å². The number of nitrogens with zero attached hydrogens (tertiary/aromatic N) is 1. The number of aliphatic hydroxyl groups excluding tert-OH is 1. The number of ketones is 1. The number of benzene rings is 2. The molecule has 0 fully saturated rings. The summed E-state index contributed by atoms with van der Waals surface area (Å²) < 4.78 is 5.27. The summed E-state index contributed by atoms with van der Waals surface area (Å²) in [4.78, 5) is 14.6. The number of methoxy groups -OCH3 is 1. The quantitative estimate of drug-likeness (QED) is 0.755. The first-order valence-electron chi connectivity index (χ1n) is 8.09. The lowest BCUT2D eigenvalue weighted by atomic mass is 9.97. The molecule has 0 aromatic heterocycles. The van der Waals surface area contributed by atoms with Crippen molar-refractivity contribution in [1.29, 1.82) is 0 Å². The first-order chi connectivity index (χ1) is 11.5. The van der Waals surface area contributed by atoms with Crippen molar-refractivity contribution in [3.05, 3.63) is 65.2 Å². The summed E-state index contributed by atoms with van der Waals surface area (Å²) in [5, 5.41) is 10.4. The zero-order valence-corrected chi connectivity index (χ0v) is 14.5. The Morgan fingerprint density at radius 2 is 1.79 bits per heavy atom. The van der Waals surface area contributed by atoms with Crippen LogP contribution in [0.3, 0.4) is 0 Å². The number of Topliss-reactive ketones (excluding diaryl/α,β-unsaturated/α-hetero) is 1. The van der Waals surface area contributed by atoms with Crippen LogP contribution in [0, 0.1) is 0 Å². The molecule has 0 amide bonds. The SMILES string of the molecule is COc1ccccc1C(O)CCC(=O)c1ccccc1CN(C)C. The van der Waals surface area contributed by atoms with Crippen LogP contribution < -0.4 is 4.74 Å². The molecule has 0 spiro atoms. The second-order valence-electron chi connectivity index (χ2n) is 6.11. The molecule has 0 heterocycles. The van der Waals surface area contributed by atoms with Crippen LogP contribution >= 0.6 is 0 Å². The summed E-state index contributed by atoms with van der Waals surface area (Å²) in [7, 11) is 5.54. The molecule has 2 aromatic rings. The van der Waals surface area contributed by atoms with Gasteiger partial charge in [0.05, 0.1) is 13.2 Å². The summed E-state index contributed by atoms with van der Waals surface area (Å²) >= 11 is 0. The van der Waals surface area contributed by atoms with E-state index in [4.69, 9.17) is 4.74 Å². The zero-order chi connectivity index (χ0) is 17.5. The van der Waals surface area contributed by atoms with Gasteiger partial charge in [-0.2, -0.15) is 0 Å². The Bertz CT molecular complexity index is 682. The van der Waals surface area contributed by atoms with E-state index in [9.17, 15) is 9.90 Å². The van der Waals surface area contributed by atoms with Crippen LogP contribution in [0.1, 0.15) is 40.4 Å². The molecule has 2 rings (SSSR count). The monoisotopic (exact) mass is 327 g/mol. The minimum atomic E-state index is -0.717. The molecule has 4 heteroatoms. The molecule has 1 atom stereocenters. The largest absolute Gasteiger partial charge is 0.496 e. The Labute approximate surface area is 143 Å². The zero-order valence-electron chi connectivity index (χ0n) is 14.5. The standard InChI is InChI=1S/C20H25NO3/c1-21(2)14-15-8-4-5-9-16(15)18(22)12-13-19(23)17-10-6-7-11-20(17)24-3/h4-11,19,23H,12-14H2,1-3H3. The van der Waals surface area contributed by atoms with Crippen LogP contribution in [0.4, 0.5) is 0 Å². The molecule has 0 aliphatic carbocycles. The molecule has 1 N–H and O–H groups in total. The van der Waals surface area contributed by atoms with Crippen molar-refractivity contribution in [1.82, 2.24) is 4.90 Å². The molecule has 0 saturated heterocycles. The number of carbonyl (C=O) groups is 1. The fourth-order valence-corrected chi connectivity index (χ4v) is 2.77. The van der Waals surface area contributed by atoms with Crippen LogP contribution in [0.25, 0.3) is 0 Å². The van der Waals surface area contributed by atoms with Crippen molar-refractivity contribution in [3.63, 3.8) is 0 Å². The molecule has 2 aromatic carbocycles. The second kappa shape index (κ2) is 8.62. The fourth-order valence-electron chi connectivity index (χ4n) is 2.77. The third-order valence-electron chi connectivity index (χ3n) is 3.95. The van der Waals surface area contributed by atoms with E-state index in [2.05, 4.69) is 0 Å². The van der Waals surface area contributed by atoms with Crippen LogP contribution in [0.15, 0.2) is 48.5 Å². The number of hydrogen-bond acceptors (Lipinski definition) is 4. The third-order valence-corrected chi connectivity index (χ3v) is 3.95. The van der Waals surface area contributed by atoms with Crippen molar-refractivity contribution in [3.8, 4) is 5.75 Å². The molecule has 0 bridgehead atoms. The maximum Gasteiger partial charge on any atom is 0.163 e. The Kier molecular flexibility index (Phi) is 6.53. The van der Waals surface area contributed by atoms with Gasteiger partial charge in [-0.05, 0) is 32.1 Å². The van der Waals surface area contributed by atoms with Crippen molar-refractivity contribution in [2.45, 2.75) is 25.5 Å². The first-order valence-corrected chi connectivity index (χ1v) is 8.09. The topological polar surface area (TPSA) is 49.8 Å². The average Bonchev–Trinajstić information content (AvgIpc) is 2.59. The van der Waals surface area contributed by atoms with E-state index in [0.29, 0.717) is 18.6 Å². The summed E-state index contributed by atoms with van der Waals surface area (Å²) in [6.45, 7) is 0.719. The Balaban J connectivity index is 2.05. The number of hydrogen-bond donors (Lipinski definition) is 1. The lowest BCUT2D eigenvalue weighted by Gasteiger charge is -2.16. The summed E-state index contributed by atoms with van der Waals surface area (Å²) in [6, 6.07) is 15.0. The van der Waals surface area contributed by atoms with Crippen molar-refractivity contribution >= 4 is 5.78 Å². The molecule has 24 heavy (non-hydrogen) atoms. The minimum absolute atomic E-state index is 0.0568. The molecule has 0 saturated carbocycles. The molecule has 1 unspecified atom stereocenters. The van der Waals surface area contributed by atoms with Gasteiger partial charge in [0.25, 0.3) is 0 Å². The van der Waals surface area contributed by atoms with Crippen LogP contribution in [0.2, 0.25) is 0 Å². The third kappa shape index (κ3) is 4.66. The fraction of sp³-hybridized carbons (Fsp3) is 0.350. The summed E-state index contributed by atoms with van der Waals surface area (Å²) in [6.07, 6.45) is -0.0507. The highest BCUT2D eigenvalue weighted by Gasteiger charge is 2.17. The number of para-hydroxylation sites is 1. The van der Waals surface area contributed by atoms with Gasteiger partial charge in [-0.15, -0.1) is 0 Å². The van der Waals surface area contributed by atoms with Gasteiger partial charge in [-0.1, -0.05) is 42.5 Å². The highest BCUT2D eigenvalue weighted by atomic mass is 16.5. The Morgan fingerprint density at radius 1 is 1.12 bits per heavy atom. The number of carbonyl (C=O) groups excluding carboxylic acids is 1. The molecular weight excluding hydrogens is 302 g/mol. The van der Waals surface area contributed by atoms with Gasteiger partial charge in [0.2, 0.25) is 0 Å². The maximum atomic E-state index is 12.6. The van der Waals surface area contributed by atoms with Gasteiger partial charge in [-0.25, -0.2) is 0 Å². The summed E-state index contributed by atoms with van der Waals surface area (Å²) in [5.74, 6) is 0.701. The highest BCUT2D eigenvalue weighted by molar-refractivity contribution is 5.97. The molecule has 0 aliphatic rings. The Hall–Kier alpha value is -2.17. The Morgan fingerprint density at radius 3 is 2.50 bits per heavy atom. The van der Waals surface area contributed by atoms with E-state index in [1.54, 1.807) is 7.11 Å². The van der Waals surface area contributed by atoms with Gasteiger partial charge in [-0.3, -0.25) is 4.79 Å². The van der Waals surface area contributed by atoms with E-state index in [-0.39, 0.29) is 5.78 Å². The van der Waals surface area contributed by atoms with Gasteiger partial charge in [0, 0.05) is 24.1 Å². The van der Waals surface area contributed by atoms with Crippen molar-refractivity contribution in [2.75, 3.05) is 21.2 Å². The van der Waals surface area contributed by atoms with E-state index in [1.807, 2.05) is 67.5 Å². The highest BCUT2D eigenvalue weighted by Crippen LogP contribution is 2.28. The number of aliphatic hydroxyl groups is 1. The molecule has 128 valence electrons. The van der Waals surface area contributed by atoms with Crippen LogP contribution in [0.5, 0.6) is 5.75 Å². The normalized spacial score (nSPS) is 12.2. The van der Waals surface area contributed by atoms with Gasteiger partial charge in [0.1, 0.15) is 5.75 Å². The lowest BCUT2D eigenvalue weighted by molar-refractivity contribution is 0.0937. The number of rotatable bonds is 8. The van der Waals surface area contributed by atoms with Crippen molar-refractivity contribution in [2.24, 2.45) is 0 Å². The van der Waals surface area contributed by atoms with E-state index in [1.165, 1.54) is 0 Å². The smallest absolute Gasteiger partial charge is 0.163 e. The minimum Gasteiger partial charge on any atom is -0.496 e. The molecule has 4 nitrogen and oxygen atoms in total. The average molecular weight is 327 g/mol. The first kappa shape index (κ1) is 18.2. The van der Waals surface area contributed by atoms with Crippen LogP contribution in [-0.2, 0) is 6.54 Å². The molecule has 0 aliphatic heterocycles. The van der Waals surface area contributed by atoms with E-state index >= 15 is 0 Å². The van der Waals surface area contributed by atoms with Crippen LogP contribution in [-0.4, -0.2) is 37.0 Å². The predicted octanol–water partition coefficient (Wildman–Crippen LogP) is 3.45. The lowest BCUT2D eigenvalue weighted by Crippen LogP contribution is -2.14. The summed E-state index contributed by atoms with van der Waals surface area (Å²) in [5.41, 5.74) is 2.46. The molecule has 0 radical (unpaired) electrons. The number of ether oxygens (including phenoxy) is 1. The maximum absolute atomic E-state index is 12.6. The van der Waals surface area contributed by atoms with Gasteiger partial charge in [0.15, 0.2) is 5.78 Å². The van der Waals surface area contributed by atoms with E-state index in [0.717, 1.165) is 23.2 Å². The second-order valence-corrected chi connectivity index (χ2v) is 6.11. The van der Waals surface area contributed by atoms with Gasteiger partial charge < -0.3 is 14.7 Å². The van der Waals surface area contributed by atoms with Crippen molar-refractivity contribution < 1.29 is 14.6 Å².